The van der Waals surface area contributed by atoms with Crippen molar-refractivity contribution in [3.63, 3.8) is 0 Å². The standard InChI is InChI=1S/C20H26.CH4/c1-4-8-18(9-5-2)19-13-12-16(3)20(15-19)14-17-10-6-7-11-17;/h4-5,8-9,12-13,15,17H,1,6-7,10-11,14H2,2-3H3;1H4/b9-5-,18-8+;. The summed E-state index contributed by atoms with van der Waals surface area (Å²) in [5.74, 6) is 0.900. The Balaban J connectivity index is 0.00000220. The predicted octanol–water partition coefficient (Wildman–Crippen LogP) is 6.51. The fourth-order valence-corrected chi connectivity index (χ4v) is 3.15. The van der Waals surface area contributed by atoms with Crippen molar-refractivity contribution in [1.82, 2.24) is 0 Å². The molecule has 1 aromatic carbocycles. The summed E-state index contributed by atoms with van der Waals surface area (Å²) in [4.78, 5) is 0. The largest absolute Gasteiger partial charge is 0.0990 e. The third kappa shape index (κ3) is 4.74. The van der Waals surface area contributed by atoms with E-state index in [-0.39, 0.29) is 7.43 Å². The SMILES string of the molecule is C.C=C/C=C(\C=C/C)c1ccc(C)c(CC2CCCC2)c1. The maximum atomic E-state index is 3.82. The van der Waals surface area contributed by atoms with Crippen molar-refractivity contribution in [3.05, 3.63) is 65.8 Å². The highest BCUT2D eigenvalue weighted by atomic mass is 14.2. The molecular weight excluding hydrogens is 252 g/mol. The molecule has 0 saturated heterocycles. The van der Waals surface area contributed by atoms with Gasteiger partial charge >= 0.3 is 0 Å². The van der Waals surface area contributed by atoms with Crippen LogP contribution < -0.4 is 0 Å². The van der Waals surface area contributed by atoms with Crippen LogP contribution in [-0.2, 0) is 6.42 Å². The number of rotatable bonds is 5. The summed E-state index contributed by atoms with van der Waals surface area (Å²) in [5, 5.41) is 0. The lowest BCUT2D eigenvalue weighted by Gasteiger charge is -2.13. The summed E-state index contributed by atoms with van der Waals surface area (Å²) in [6.07, 6.45) is 15.1. The van der Waals surface area contributed by atoms with Gasteiger partial charge < -0.3 is 0 Å². The first-order chi connectivity index (χ1) is 9.74. The fraction of sp³-hybridized carbons (Fsp3) is 0.429. The van der Waals surface area contributed by atoms with E-state index in [2.05, 4.69) is 56.9 Å². The van der Waals surface area contributed by atoms with Crippen LogP contribution in [0.1, 0.15) is 56.7 Å². The Morgan fingerprint density at radius 2 is 2.00 bits per heavy atom. The Morgan fingerprint density at radius 3 is 2.62 bits per heavy atom. The zero-order valence-electron chi connectivity index (χ0n) is 12.9. The number of allylic oxidation sites excluding steroid dienone is 5. The van der Waals surface area contributed by atoms with Gasteiger partial charge in [0.05, 0.1) is 0 Å². The molecule has 0 heterocycles. The summed E-state index contributed by atoms with van der Waals surface area (Å²) in [5.41, 5.74) is 5.50. The molecule has 0 unspecified atom stereocenters. The van der Waals surface area contributed by atoms with Gasteiger partial charge in [-0.05, 0) is 48.4 Å². The first-order valence-electron chi connectivity index (χ1n) is 7.80. The molecule has 1 aliphatic carbocycles. The topological polar surface area (TPSA) is 0 Å². The Morgan fingerprint density at radius 1 is 1.29 bits per heavy atom. The average Bonchev–Trinajstić information content (AvgIpc) is 2.94. The molecule has 1 fully saturated rings. The minimum absolute atomic E-state index is 0. The molecule has 2 rings (SSSR count). The van der Waals surface area contributed by atoms with Gasteiger partial charge in [0, 0.05) is 0 Å². The maximum Gasteiger partial charge on any atom is -0.0181 e. The minimum Gasteiger partial charge on any atom is -0.0990 e. The second kappa shape index (κ2) is 8.67. The quantitative estimate of drug-likeness (QED) is 0.540. The molecule has 114 valence electrons. The molecule has 21 heavy (non-hydrogen) atoms. The summed E-state index contributed by atoms with van der Waals surface area (Å²) in [7, 11) is 0. The maximum absolute atomic E-state index is 3.82. The molecule has 1 aliphatic rings. The van der Waals surface area contributed by atoms with E-state index < -0.39 is 0 Å². The van der Waals surface area contributed by atoms with Gasteiger partial charge in [0.1, 0.15) is 0 Å². The molecule has 0 spiro atoms. The third-order valence-corrected chi connectivity index (χ3v) is 4.31. The molecular formula is C21H30. The molecule has 0 atom stereocenters. The van der Waals surface area contributed by atoms with Crippen molar-refractivity contribution in [2.45, 2.75) is 53.4 Å². The molecule has 0 N–H and O–H groups in total. The lowest BCUT2D eigenvalue weighted by atomic mass is 9.92. The van der Waals surface area contributed by atoms with Crippen LogP contribution in [0.4, 0.5) is 0 Å². The van der Waals surface area contributed by atoms with Crippen LogP contribution in [-0.4, -0.2) is 0 Å². The van der Waals surface area contributed by atoms with Crippen molar-refractivity contribution < 1.29 is 0 Å². The Hall–Kier alpha value is -1.56. The fourth-order valence-electron chi connectivity index (χ4n) is 3.15. The van der Waals surface area contributed by atoms with Crippen LogP contribution in [0, 0.1) is 12.8 Å². The van der Waals surface area contributed by atoms with E-state index in [0.29, 0.717) is 0 Å². The van der Waals surface area contributed by atoms with Gasteiger partial charge in [-0.2, -0.15) is 0 Å². The average molecular weight is 282 g/mol. The van der Waals surface area contributed by atoms with E-state index >= 15 is 0 Å². The molecule has 0 radical (unpaired) electrons. The second-order valence-corrected chi connectivity index (χ2v) is 5.85. The number of aryl methyl sites for hydroxylation is 1. The van der Waals surface area contributed by atoms with Gasteiger partial charge in [-0.3, -0.25) is 0 Å². The minimum atomic E-state index is 0. The van der Waals surface area contributed by atoms with E-state index in [1.807, 2.05) is 6.08 Å². The monoisotopic (exact) mass is 282 g/mol. The van der Waals surface area contributed by atoms with Crippen molar-refractivity contribution in [1.29, 1.82) is 0 Å². The van der Waals surface area contributed by atoms with E-state index in [0.717, 1.165) is 5.92 Å². The lowest BCUT2D eigenvalue weighted by Crippen LogP contribution is -2.01. The van der Waals surface area contributed by atoms with Crippen molar-refractivity contribution in [2.24, 2.45) is 5.92 Å². The molecule has 0 bridgehead atoms. The number of benzene rings is 1. The van der Waals surface area contributed by atoms with Gasteiger partial charge in [0.15, 0.2) is 0 Å². The van der Waals surface area contributed by atoms with E-state index in [9.17, 15) is 0 Å². The van der Waals surface area contributed by atoms with Gasteiger partial charge in [0.25, 0.3) is 0 Å². The van der Waals surface area contributed by atoms with Crippen LogP contribution in [0.3, 0.4) is 0 Å². The Bertz CT molecular complexity index is 511. The first-order valence-corrected chi connectivity index (χ1v) is 7.80. The van der Waals surface area contributed by atoms with Crippen LogP contribution in [0.25, 0.3) is 5.57 Å². The second-order valence-electron chi connectivity index (χ2n) is 5.85. The predicted molar refractivity (Wildman–Crippen MR) is 96.6 cm³/mol. The molecule has 0 nitrogen and oxygen atoms in total. The molecule has 0 amide bonds. The zero-order chi connectivity index (χ0) is 14.4. The summed E-state index contributed by atoms with van der Waals surface area (Å²) in [6, 6.07) is 6.87. The molecule has 0 aliphatic heterocycles. The van der Waals surface area contributed by atoms with Crippen molar-refractivity contribution >= 4 is 5.57 Å². The van der Waals surface area contributed by atoms with Gasteiger partial charge in [-0.1, -0.05) is 82.2 Å². The molecule has 1 aromatic rings. The number of hydrogen-bond donors (Lipinski definition) is 0. The van der Waals surface area contributed by atoms with Crippen LogP contribution in [0.15, 0.2) is 49.1 Å². The van der Waals surface area contributed by atoms with E-state index in [4.69, 9.17) is 0 Å². The van der Waals surface area contributed by atoms with E-state index in [1.54, 1.807) is 0 Å². The van der Waals surface area contributed by atoms with Crippen molar-refractivity contribution in [3.8, 4) is 0 Å². The van der Waals surface area contributed by atoms with Crippen molar-refractivity contribution in [2.75, 3.05) is 0 Å². The van der Waals surface area contributed by atoms with Gasteiger partial charge in [0.2, 0.25) is 0 Å². The highest BCUT2D eigenvalue weighted by molar-refractivity contribution is 5.75. The van der Waals surface area contributed by atoms with Crippen LogP contribution >= 0.6 is 0 Å². The summed E-state index contributed by atoms with van der Waals surface area (Å²) < 4.78 is 0. The smallest absolute Gasteiger partial charge is 0.0181 e. The summed E-state index contributed by atoms with van der Waals surface area (Å²) in [6.45, 7) is 8.12. The third-order valence-electron chi connectivity index (χ3n) is 4.31. The highest BCUT2D eigenvalue weighted by Crippen LogP contribution is 2.30. The lowest BCUT2D eigenvalue weighted by molar-refractivity contribution is 0.545. The summed E-state index contributed by atoms with van der Waals surface area (Å²) >= 11 is 0. The number of hydrogen-bond acceptors (Lipinski definition) is 0. The first kappa shape index (κ1) is 17.5. The molecule has 1 saturated carbocycles. The van der Waals surface area contributed by atoms with Crippen LogP contribution in [0.2, 0.25) is 0 Å². The van der Waals surface area contributed by atoms with E-state index in [1.165, 1.54) is 54.4 Å². The van der Waals surface area contributed by atoms with Gasteiger partial charge in [-0.15, -0.1) is 0 Å². The molecule has 0 aromatic heterocycles. The van der Waals surface area contributed by atoms with Crippen LogP contribution in [0.5, 0.6) is 0 Å². The normalized spacial score (nSPS) is 16.2. The molecule has 0 heteroatoms. The Labute approximate surface area is 131 Å². The zero-order valence-corrected chi connectivity index (χ0v) is 12.9. The van der Waals surface area contributed by atoms with Gasteiger partial charge in [-0.25, -0.2) is 0 Å². The highest BCUT2D eigenvalue weighted by Gasteiger charge is 2.16. The Kier molecular flexibility index (Phi) is 7.22.